The molecule has 0 amide bonds. The molecule has 0 aliphatic rings. The Balaban J connectivity index is 2.30. The molecule has 2 aromatic rings. The summed E-state index contributed by atoms with van der Waals surface area (Å²) in [6, 6.07) is 5.40. The SMILES string of the molecule is Cc1cc(Sc2ncccc2Cl)nc(Cl)n1. The summed E-state index contributed by atoms with van der Waals surface area (Å²) >= 11 is 13.1. The summed E-state index contributed by atoms with van der Waals surface area (Å²) in [7, 11) is 0. The molecule has 3 nitrogen and oxygen atoms in total. The molecule has 0 saturated heterocycles. The van der Waals surface area contributed by atoms with E-state index in [9.17, 15) is 0 Å². The lowest BCUT2D eigenvalue weighted by Gasteiger charge is -2.02. The van der Waals surface area contributed by atoms with E-state index >= 15 is 0 Å². The first kappa shape index (κ1) is 11.6. The van der Waals surface area contributed by atoms with Crippen LogP contribution in [-0.4, -0.2) is 15.0 Å². The predicted octanol–water partition coefficient (Wildman–Crippen LogP) is 3.64. The summed E-state index contributed by atoms with van der Waals surface area (Å²) in [5.41, 5.74) is 0.814. The van der Waals surface area contributed by atoms with Gasteiger partial charge in [0.25, 0.3) is 0 Å². The normalized spacial score (nSPS) is 10.4. The topological polar surface area (TPSA) is 38.7 Å². The van der Waals surface area contributed by atoms with E-state index in [2.05, 4.69) is 15.0 Å². The van der Waals surface area contributed by atoms with Gasteiger partial charge in [0, 0.05) is 11.9 Å². The molecular weight excluding hydrogens is 265 g/mol. The highest BCUT2D eigenvalue weighted by atomic mass is 35.5. The van der Waals surface area contributed by atoms with Gasteiger partial charge in [-0.3, -0.25) is 0 Å². The van der Waals surface area contributed by atoms with Gasteiger partial charge in [-0.2, -0.15) is 0 Å². The van der Waals surface area contributed by atoms with E-state index in [0.717, 1.165) is 10.7 Å². The lowest BCUT2D eigenvalue weighted by Crippen LogP contribution is -1.89. The van der Waals surface area contributed by atoms with Gasteiger partial charge in [0.05, 0.1) is 5.02 Å². The van der Waals surface area contributed by atoms with Crippen LogP contribution in [0.25, 0.3) is 0 Å². The third kappa shape index (κ3) is 2.84. The van der Waals surface area contributed by atoms with E-state index in [1.165, 1.54) is 11.8 Å². The molecule has 0 aliphatic heterocycles. The minimum atomic E-state index is 0.231. The number of hydrogen-bond acceptors (Lipinski definition) is 4. The summed E-state index contributed by atoms with van der Waals surface area (Å²) < 4.78 is 0. The quantitative estimate of drug-likeness (QED) is 0.618. The van der Waals surface area contributed by atoms with Crippen molar-refractivity contribution < 1.29 is 0 Å². The second kappa shape index (κ2) is 4.99. The minimum Gasteiger partial charge on any atom is -0.248 e. The van der Waals surface area contributed by atoms with Crippen LogP contribution in [0.15, 0.2) is 34.4 Å². The van der Waals surface area contributed by atoms with Crippen molar-refractivity contribution in [2.24, 2.45) is 0 Å². The van der Waals surface area contributed by atoms with Crippen molar-refractivity contribution in [2.45, 2.75) is 17.0 Å². The monoisotopic (exact) mass is 271 g/mol. The number of halogens is 2. The highest BCUT2D eigenvalue weighted by Gasteiger charge is 2.06. The number of nitrogens with zero attached hydrogens (tertiary/aromatic N) is 3. The number of pyridine rings is 1. The molecular formula is C10H7Cl2N3S. The largest absolute Gasteiger partial charge is 0.248 e. The molecule has 0 aliphatic carbocycles. The molecule has 0 N–H and O–H groups in total. The number of aromatic nitrogens is 3. The van der Waals surface area contributed by atoms with Gasteiger partial charge in [-0.25, -0.2) is 15.0 Å². The molecule has 0 bridgehead atoms. The first-order chi connectivity index (χ1) is 7.65. The van der Waals surface area contributed by atoms with Crippen LogP contribution in [0, 0.1) is 6.92 Å². The van der Waals surface area contributed by atoms with Crippen molar-refractivity contribution >= 4 is 35.0 Å². The Bertz CT molecular complexity index is 499. The second-order valence-corrected chi connectivity index (χ2v) is 4.76. The molecule has 0 spiro atoms. The molecule has 0 saturated carbocycles. The highest BCUT2D eigenvalue weighted by Crippen LogP contribution is 2.30. The van der Waals surface area contributed by atoms with Gasteiger partial charge in [0.2, 0.25) is 5.28 Å². The van der Waals surface area contributed by atoms with Gasteiger partial charge in [-0.05, 0) is 48.5 Å². The molecule has 0 atom stereocenters. The van der Waals surface area contributed by atoms with Crippen molar-refractivity contribution in [1.29, 1.82) is 0 Å². The maximum atomic E-state index is 5.99. The van der Waals surface area contributed by atoms with E-state index in [1.807, 2.05) is 13.0 Å². The predicted molar refractivity (Wildman–Crippen MR) is 65.1 cm³/mol. The summed E-state index contributed by atoms with van der Waals surface area (Å²) in [4.78, 5) is 12.2. The molecule has 2 heterocycles. The summed E-state index contributed by atoms with van der Waals surface area (Å²) in [6.45, 7) is 1.86. The third-order valence-corrected chi connectivity index (χ3v) is 3.25. The molecule has 0 radical (unpaired) electrons. The average molecular weight is 272 g/mol. The standard InChI is InChI=1S/C10H7Cl2N3S/c1-6-5-8(15-10(12)14-6)16-9-7(11)3-2-4-13-9/h2-5H,1H3. The molecule has 2 aromatic heterocycles. The fourth-order valence-corrected chi connectivity index (χ4v) is 2.45. The zero-order valence-corrected chi connectivity index (χ0v) is 10.6. The number of rotatable bonds is 2. The Morgan fingerprint density at radius 3 is 2.75 bits per heavy atom. The van der Waals surface area contributed by atoms with Crippen molar-refractivity contribution in [3.8, 4) is 0 Å². The van der Waals surface area contributed by atoms with E-state index in [1.54, 1.807) is 18.3 Å². The zero-order chi connectivity index (χ0) is 11.5. The van der Waals surface area contributed by atoms with Gasteiger partial charge < -0.3 is 0 Å². The Morgan fingerprint density at radius 1 is 1.25 bits per heavy atom. The van der Waals surface area contributed by atoms with Gasteiger partial charge in [-0.15, -0.1) is 0 Å². The lowest BCUT2D eigenvalue weighted by atomic mass is 10.5. The minimum absolute atomic E-state index is 0.231. The van der Waals surface area contributed by atoms with Crippen LogP contribution >= 0.6 is 35.0 Å². The van der Waals surface area contributed by atoms with Gasteiger partial charge in [-0.1, -0.05) is 11.6 Å². The Morgan fingerprint density at radius 2 is 2.06 bits per heavy atom. The lowest BCUT2D eigenvalue weighted by molar-refractivity contribution is 1.00. The van der Waals surface area contributed by atoms with Gasteiger partial charge in [0.15, 0.2) is 0 Å². The number of aryl methyl sites for hydroxylation is 1. The van der Waals surface area contributed by atoms with Crippen molar-refractivity contribution in [3.63, 3.8) is 0 Å². The summed E-state index contributed by atoms with van der Waals surface area (Å²) in [5.74, 6) is 0. The van der Waals surface area contributed by atoms with Crippen molar-refractivity contribution in [3.05, 3.63) is 40.4 Å². The maximum absolute atomic E-state index is 5.99. The van der Waals surface area contributed by atoms with Crippen LogP contribution in [-0.2, 0) is 0 Å². The molecule has 0 unspecified atom stereocenters. The first-order valence-corrected chi connectivity index (χ1v) is 6.02. The van der Waals surface area contributed by atoms with Crippen molar-refractivity contribution in [1.82, 2.24) is 15.0 Å². The molecule has 0 aromatic carbocycles. The van der Waals surface area contributed by atoms with Crippen LogP contribution in [0.1, 0.15) is 5.69 Å². The smallest absolute Gasteiger partial charge is 0.223 e. The summed E-state index contributed by atoms with van der Waals surface area (Å²) in [6.07, 6.45) is 1.68. The zero-order valence-electron chi connectivity index (χ0n) is 8.32. The molecule has 2 rings (SSSR count). The molecule has 82 valence electrons. The average Bonchev–Trinajstić information content (AvgIpc) is 2.20. The van der Waals surface area contributed by atoms with Crippen LogP contribution in [0.2, 0.25) is 10.3 Å². The third-order valence-electron chi connectivity index (χ3n) is 1.73. The second-order valence-electron chi connectivity index (χ2n) is 3.01. The van der Waals surface area contributed by atoms with Crippen LogP contribution in [0.4, 0.5) is 0 Å². The van der Waals surface area contributed by atoms with Crippen molar-refractivity contribution in [2.75, 3.05) is 0 Å². The molecule has 16 heavy (non-hydrogen) atoms. The van der Waals surface area contributed by atoms with E-state index in [0.29, 0.717) is 10.0 Å². The Hall–Kier alpha value is -0.840. The van der Waals surface area contributed by atoms with E-state index < -0.39 is 0 Å². The van der Waals surface area contributed by atoms with Crippen LogP contribution in [0.3, 0.4) is 0 Å². The molecule has 6 heteroatoms. The maximum Gasteiger partial charge on any atom is 0.223 e. The molecule has 0 fully saturated rings. The fourth-order valence-electron chi connectivity index (χ4n) is 1.10. The first-order valence-electron chi connectivity index (χ1n) is 4.45. The van der Waals surface area contributed by atoms with Crippen LogP contribution in [0.5, 0.6) is 0 Å². The van der Waals surface area contributed by atoms with Gasteiger partial charge >= 0.3 is 0 Å². The van der Waals surface area contributed by atoms with Crippen LogP contribution < -0.4 is 0 Å². The Labute approximate surface area is 107 Å². The van der Waals surface area contributed by atoms with E-state index in [4.69, 9.17) is 23.2 Å². The summed E-state index contributed by atoms with van der Waals surface area (Å²) in [5, 5.41) is 2.27. The highest BCUT2D eigenvalue weighted by molar-refractivity contribution is 7.99. The Kier molecular flexibility index (Phi) is 3.63. The number of hydrogen-bond donors (Lipinski definition) is 0. The fraction of sp³-hybridized carbons (Fsp3) is 0.100. The van der Waals surface area contributed by atoms with E-state index in [-0.39, 0.29) is 5.28 Å². The van der Waals surface area contributed by atoms with Gasteiger partial charge in [0.1, 0.15) is 10.1 Å².